The van der Waals surface area contributed by atoms with E-state index in [0.717, 1.165) is 31.0 Å². The first kappa shape index (κ1) is 21.2. The zero-order valence-electron chi connectivity index (χ0n) is 17.1. The van der Waals surface area contributed by atoms with Gasteiger partial charge >= 0.3 is 0 Å². The van der Waals surface area contributed by atoms with Gasteiger partial charge in [-0.3, -0.25) is 19.3 Å². The third-order valence-electron chi connectivity index (χ3n) is 4.99. The van der Waals surface area contributed by atoms with Crippen molar-refractivity contribution >= 4 is 34.9 Å². The number of carbonyl (C=O) groups excluding carboxylic acids is 3. The zero-order chi connectivity index (χ0) is 21.7. The number of benzene rings is 1. The van der Waals surface area contributed by atoms with Crippen LogP contribution in [0.15, 0.2) is 49.2 Å². The van der Waals surface area contributed by atoms with E-state index in [1.165, 1.54) is 6.92 Å². The van der Waals surface area contributed by atoms with Gasteiger partial charge in [-0.2, -0.15) is 0 Å². The first-order valence-corrected chi connectivity index (χ1v) is 9.71. The lowest BCUT2D eigenvalue weighted by Crippen LogP contribution is -2.23. The van der Waals surface area contributed by atoms with Gasteiger partial charge in [-0.25, -0.2) is 4.98 Å². The van der Waals surface area contributed by atoms with E-state index in [9.17, 15) is 14.4 Å². The standard InChI is InChI=1S/C22H25N5O3/c1-4-18(29)25-20-19(24-14(2)28)16(17-11-8-12-27(17)3)13-23-21(20)26-22(30)15-9-6-5-7-10-15/h4-7,9-10,13,17H,1,8,11-12H2,2-3H3,(H,25,29)(H2,23,24,26,28,30). The molecule has 1 atom stereocenters. The summed E-state index contributed by atoms with van der Waals surface area (Å²) in [5, 5.41) is 8.25. The lowest BCUT2D eigenvalue weighted by atomic mass is 10.0. The predicted molar refractivity (Wildman–Crippen MR) is 116 cm³/mol. The molecule has 1 aliphatic rings. The highest BCUT2D eigenvalue weighted by Crippen LogP contribution is 2.41. The van der Waals surface area contributed by atoms with E-state index in [-0.39, 0.29) is 29.4 Å². The monoisotopic (exact) mass is 407 g/mol. The van der Waals surface area contributed by atoms with E-state index in [4.69, 9.17) is 0 Å². The van der Waals surface area contributed by atoms with Crippen LogP contribution in [0.5, 0.6) is 0 Å². The van der Waals surface area contributed by atoms with Crippen molar-refractivity contribution in [1.29, 1.82) is 0 Å². The third-order valence-corrected chi connectivity index (χ3v) is 4.99. The van der Waals surface area contributed by atoms with Gasteiger partial charge in [0.1, 0.15) is 5.69 Å². The van der Waals surface area contributed by atoms with Crippen molar-refractivity contribution in [2.24, 2.45) is 0 Å². The number of nitrogens with one attached hydrogen (secondary N) is 3. The second-order valence-corrected chi connectivity index (χ2v) is 7.15. The van der Waals surface area contributed by atoms with Crippen molar-refractivity contribution in [3.8, 4) is 0 Å². The third kappa shape index (κ3) is 4.72. The topological polar surface area (TPSA) is 103 Å². The lowest BCUT2D eigenvalue weighted by Gasteiger charge is -2.25. The molecule has 0 radical (unpaired) electrons. The van der Waals surface area contributed by atoms with E-state index in [1.54, 1.807) is 30.5 Å². The molecule has 2 aromatic rings. The summed E-state index contributed by atoms with van der Waals surface area (Å²) in [5.74, 6) is -1.00. The van der Waals surface area contributed by atoms with Crippen molar-refractivity contribution in [3.63, 3.8) is 0 Å². The maximum absolute atomic E-state index is 12.7. The van der Waals surface area contributed by atoms with Crippen LogP contribution in [0.3, 0.4) is 0 Å². The summed E-state index contributed by atoms with van der Waals surface area (Å²) < 4.78 is 0. The molecule has 0 spiro atoms. The Bertz CT molecular complexity index is 974. The van der Waals surface area contributed by atoms with Crippen molar-refractivity contribution in [2.45, 2.75) is 25.8 Å². The van der Waals surface area contributed by atoms with Gasteiger partial charge in [0.05, 0.1) is 5.69 Å². The van der Waals surface area contributed by atoms with Crippen LogP contribution in [0.4, 0.5) is 17.2 Å². The van der Waals surface area contributed by atoms with Crippen molar-refractivity contribution in [1.82, 2.24) is 9.88 Å². The smallest absolute Gasteiger partial charge is 0.256 e. The Morgan fingerprint density at radius 2 is 1.87 bits per heavy atom. The summed E-state index contributed by atoms with van der Waals surface area (Å²) in [6, 6.07) is 8.71. The lowest BCUT2D eigenvalue weighted by molar-refractivity contribution is -0.114. The number of aromatic nitrogens is 1. The largest absolute Gasteiger partial charge is 0.324 e. The van der Waals surface area contributed by atoms with Crippen LogP contribution in [0.2, 0.25) is 0 Å². The van der Waals surface area contributed by atoms with Gasteiger partial charge in [-0.05, 0) is 44.6 Å². The number of amides is 3. The SMILES string of the molecule is C=CC(=O)Nc1c(NC(=O)c2ccccc2)ncc(C2CCCN2C)c1NC(C)=O. The average Bonchev–Trinajstić information content (AvgIpc) is 3.16. The quantitative estimate of drug-likeness (QED) is 0.638. The van der Waals surface area contributed by atoms with Crippen molar-refractivity contribution < 1.29 is 14.4 Å². The first-order chi connectivity index (χ1) is 14.4. The molecule has 30 heavy (non-hydrogen) atoms. The number of anilines is 3. The van der Waals surface area contributed by atoms with E-state index in [0.29, 0.717) is 11.3 Å². The maximum Gasteiger partial charge on any atom is 0.256 e. The van der Waals surface area contributed by atoms with Gasteiger partial charge in [0.2, 0.25) is 11.8 Å². The van der Waals surface area contributed by atoms with Gasteiger partial charge < -0.3 is 16.0 Å². The molecule has 0 aliphatic carbocycles. The highest BCUT2D eigenvalue weighted by atomic mass is 16.2. The van der Waals surface area contributed by atoms with E-state index in [1.807, 2.05) is 13.1 Å². The number of carbonyl (C=O) groups is 3. The minimum atomic E-state index is -0.476. The molecule has 2 heterocycles. The van der Waals surface area contributed by atoms with Gasteiger partial charge in [-0.15, -0.1) is 0 Å². The van der Waals surface area contributed by atoms with Crippen LogP contribution in [0, 0.1) is 0 Å². The number of likely N-dealkylation sites (tertiary alicyclic amines) is 1. The van der Waals surface area contributed by atoms with Gasteiger partial charge in [0, 0.05) is 30.3 Å². The minimum absolute atomic E-state index is 0.0395. The highest BCUT2D eigenvalue weighted by Gasteiger charge is 2.29. The maximum atomic E-state index is 12.7. The van der Waals surface area contributed by atoms with Gasteiger partial charge in [-0.1, -0.05) is 24.8 Å². The fourth-order valence-electron chi connectivity index (χ4n) is 3.55. The highest BCUT2D eigenvalue weighted by molar-refractivity contribution is 6.11. The molecule has 156 valence electrons. The van der Waals surface area contributed by atoms with Crippen molar-refractivity contribution in [2.75, 3.05) is 29.5 Å². The van der Waals surface area contributed by atoms with Gasteiger partial charge in [0.15, 0.2) is 5.82 Å². The summed E-state index contributed by atoms with van der Waals surface area (Å²) >= 11 is 0. The molecule has 3 amide bonds. The van der Waals surface area contributed by atoms with E-state index >= 15 is 0 Å². The summed E-state index contributed by atoms with van der Waals surface area (Å²) in [4.78, 5) is 43.3. The second-order valence-electron chi connectivity index (χ2n) is 7.15. The predicted octanol–water partition coefficient (Wildman–Crippen LogP) is 3.18. The fourth-order valence-corrected chi connectivity index (χ4v) is 3.55. The normalized spacial score (nSPS) is 16.0. The Morgan fingerprint density at radius 1 is 1.13 bits per heavy atom. The van der Waals surface area contributed by atoms with Crippen LogP contribution < -0.4 is 16.0 Å². The molecule has 1 aliphatic heterocycles. The molecule has 1 unspecified atom stereocenters. The number of nitrogens with zero attached hydrogens (tertiary/aromatic N) is 2. The molecular formula is C22H25N5O3. The van der Waals surface area contributed by atoms with Gasteiger partial charge in [0.25, 0.3) is 5.91 Å². The molecule has 3 N–H and O–H groups in total. The molecule has 8 heteroatoms. The van der Waals surface area contributed by atoms with Crippen LogP contribution in [-0.2, 0) is 9.59 Å². The summed E-state index contributed by atoms with van der Waals surface area (Å²) in [7, 11) is 2.00. The zero-order valence-corrected chi connectivity index (χ0v) is 17.1. The van der Waals surface area contributed by atoms with E-state index in [2.05, 4.69) is 32.4 Å². The molecule has 1 aromatic heterocycles. The van der Waals surface area contributed by atoms with Crippen LogP contribution in [0.1, 0.15) is 41.7 Å². The Balaban J connectivity index is 2.08. The molecule has 1 aromatic carbocycles. The summed E-state index contributed by atoms with van der Waals surface area (Å²) in [5.41, 5.74) is 1.88. The Kier molecular flexibility index (Phi) is 6.58. The number of pyridine rings is 1. The Morgan fingerprint density at radius 3 is 2.47 bits per heavy atom. The molecular weight excluding hydrogens is 382 g/mol. The van der Waals surface area contributed by atoms with Crippen molar-refractivity contribution in [3.05, 3.63) is 60.3 Å². The minimum Gasteiger partial charge on any atom is -0.324 e. The summed E-state index contributed by atoms with van der Waals surface area (Å²) in [6.07, 6.45) is 4.67. The summed E-state index contributed by atoms with van der Waals surface area (Å²) in [6.45, 7) is 5.80. The Labute approximate surface area is 175 Å². The number of hydrogen-bond acceptors (Lipinski definition) is 5. The number of rotatable bonds is 6. The first-order valence-electron chi connectivity index (χ1n) is 9.71. The molecule has 8 nitrogen and oxygen atoms in total. The molecule has 1 fully saturated rings. The Hall–Kier alpha value is -3.52. The molecule has 3 rings (SSSR count). The molecule has 0 bridgehead atoms. The molecule has 1 saturated heterocycles. The number of hydrogen-bond donors (Lipinski definition) is 3. The van der Waals surface area contributed by atoms with Crippen LogP contribution in [0.25, 0.3) is 0 Å². The second kappa shape index (κ2) is 9.32. The van der Waals surface area contributed by atoms with E-state index < -0.39 is 5.91 Å². The van der Waals surface area contributed by atoms with Crippen LogP contribution >= 0.6 is 0 Å². The van der Waals surface area contributed by atoms with Crippen LogP contribution in [-0.4, -0.2) is 41.2 Å². The fraction of sp³-hybridized carbons (Fsp3) is 0.273. The average molecular weight is 407 g/mol. The molecule has 0 saturated carbocycles.